The minimum atomic E-state index is -4.21. The third-order valence-electron chi connectivity index (χ3n) is 4.65. The monoisotopic (exact) mass is 465 g/mol. The first-order chi connectivity index (χ1) is 14.7. The number of halogens is 3. The van der Waals surface area contributed by atoms with Crippen LogP contribution < -0.4 is 0 Å². The van der Waals surface area contributed by atoms with E-state index in [4.69, 9.17) is 11.6 Å². The van der Waals surface area contributed by atoms with Gasteiger partial charge in [-0.2, -0.15) is 0 Å². The van der Waals surface area contributed by atoms with Gasteiger partial charge in [0.15, 0.2) is 9.84 Å². The Balaban J connectivity index is 2.07. The van der Waals surface area contributed by atoms with Crippen LogP contribution in [0.2, 0.25) is 5.02 Å². The number of methoxy groups -OCH3 is 1. The van der Waals surface area contributed by atoms with Crippen molar-refractivity contribution in [1.29, 1.82) is 0 Å². The number of ether oxygens (including phenoxy) is 1. The highest BCUT2D eigenvalue weighted by molar-refractivity contribution is 7.91. The van der Waals surface area contributed by atoms with E-state index in [2.05, 4.69) is 9.72 Å². The lowest BCUT2D eigenvalue weighted by molar-refractivity contribution is -0.140. The minimum Gasteiger partial charge on any atom is -0.469 e. The van der Waals surface area contributed by atoms with Gasteiger partial charge in [-0.1, -0.05) is 17.7 Å². The molecule has 1 heterocycles. The summed E-state index contributed by atoms with van der Waals surface area (Å²) in [7, 11) is -2.93. The number of rotatable bonds is 7. The lowest BCUT2D eigenvalue weighted by Gasteiger charge is -2.19. The second-order valence-corrected chi connectivity index (χ2v) is 9.18. The number of carbonyl (C=O) groups excluding carboxylic acids is 1. The average Bonchev–Trinajstić information content (AvgIpc) is 2.75. The second kappa shape index (κ2) is 9.53. The molecule has 0 aliphatic carbocycles. The van der Waals surface area contributed by atoms with Crippen LogP contribution in [-0.2, 0) is 25.8 Å². The quantitative estimate of drug-likeness (QED) is 0.473. The smallest absolute Gasteiger partial charge is 0.305 e. The Morgan fingerprint density at radius 1 is 1.10 bits per heavy atom. The fourth-order valence-corrected chi connectivity index (χ4v) is 4.93. The normalized spacial score (nSPS) is 12.4. The molecule has 0 aliphatic heterocycles. The number of benzene rings is 2. The van der Waals surface area contributed by atoms with E-state index < -0.39 is 32.7 Å². The number of hydrogen-bond acceptors (Lipinski definition) is 5. The fourth-order valence-electron chi connectivity index (χ4n) is 3.05. The molecule has 0 aliphatic rings. The van der Waals surface area contributed by atoms with Gasteiger partial charge in [-0.25, -0.2) is 17.2 Å². The van der Waals surface area contributed by atoms with Crippen molar-refractivity contribution in [2.24, 2.45) is 0 Å². The Labute approximate surface area is 183 Å². The zero-order valence-corrected chi connectivity index (χ0v) is 18.0. The molecule has 3 rings (SSSR count). The SMILES string of the molecule is COC(=O)CCc1ccc(C(c2cc(F)ccc2F)S(=O)(=O)c2ccc(Cl)cc2)nc1. The van der Waals surface area contributed by atoms with E-state index in [9.17, 15) is 22.0 Å². The molecule has 0 fully saturated rings. The predicted octanol–water partition coefficient (Wildman–Crippen LogP) is 4.68. The van der Waals surface area contributed by atoms with Crippen LogP contribution in [0.4, 0.5) is 8.78 Å². The number of pyridine rings is 1. The van der Waals surface area contributed by atoms with Crippen molar-refractivity contribution in [2.45, 2.75) is 23.0 Å². The number of aromatic nitrogens is 1. The first kappa shape index (κ1) is 22.8. The number of sulfone groups is 1. The molecule has 0 saturated carbocycles. The van der Waals surface area contributed by atoms with Gasteiger partial charge in [0, 0.05) is 23.2 Å². The number of carbonyl (C=O) groups is 1. The van der Waals surface area contributed by atoms with E-state index >= 15 is 0 Å². The summed E-state index contributed by atoms with van der Waals surface area (Å²) in [6.45, 7) is 0. The Morgan fingerprint density at radius 2 is 1.81 bits per heavy atom. The van der Waals surface area contributed by atoms with Crippen LogP contribution in [-0.4, -0.2) is 26.5 Å². The van der Waals surface area contributed by atoms with Gasteiger partial charge in [0.25, 0.3) is 0 Å². The van der Waals surface area contributed by atoms with Gasteiger partial charge >= 0.3 is 5.97 Å². The van der Waals surface area contributed by atoms with Crippen LogP contribution in [0.1, 0.15) is 28.5 Å². The highest BCUT2D eigenvalue weighted by atomic mass is 35.5. The molecule has 0 saturated heterocycles. The second-order valence-electron chi connectivity index (χ2n) is 6.71. The van der Waals surface area contributed by atoms with Crippen molar-refractivity contribution in [3.8, 4) is 0 Å². The summed E-state index contributed by atoms with van der Waals surface area (Å²) < 4.78 is 59.9. The van der Waals surface area contributed by atoms with Gasteiger partial charge in [-0.05, 0) is 60.5 Å². The lowest BCUT2D eigenvalue weighted by atomic mass is 10.1. The molecule has 0 radical (unpaired) electrons. The molecule has 1 aromatic heterocycles. The molecule has 162 valence electrons. The Bertz CT molecular complexity index is 1180. The molecule has 0 N–H and O–H groups in total. The van der Waals surface area contributed by atoms with Gasteiger partial charge in [0.05, 0.1) is 17.7 Å². The summed E-state index contributed by atoms with van der Waals surface area (Å²) in [6, 6.07) is 11.0. The van der Waals surface area contributed by atoms with Crippen molar-refractivity contribution in [1.82, 2.24) is 4.98 Å². The summed E-state index contributed by atoms with van der Waals surface area (Å²) >= 11 is 5.85. The molecule has 1 unspecified atom stereocenters. The van der Waals surface area contributed by atoms with Crippen molar-refractivity contribution in [3.05, 3.63) is 94.3 Å². The summed E-state index contributed by atoms with van der Waals surface area (Å²) in [5.74, 6) is -2.04. The maximum atomic E-state index is 14.6. The average molecular weight is 466 g/mol. The number of hydrogen-bond donors (Lipinski definition) is 0. The van der Waals surface area contributed by atoms with E-state index in [1.807, 2.05) is 0 Å². The fraction of sp³-hybridized carbons (Fsp3) is 0.182. The molecular weight excluding hydrogens is 448 g/mol. The van der Waals surface area contributed by atoms with Crippen molar-refractivity contribution >= 4 is 27.4 Å². The van der Waals surface area contributed by atoms with E-state index in [-0.39, 0.29) is 22.6 Å². The van der Waals surface area contributed by atoms with Gasteiger partial charge in [0.2, 0.25) is 0 Å². The van der Waals surface area contributed by atoms with Crippen LogP contribution in [0.3, 0.4) is 0 Å². The van der Waals surface area contributed by atoms with Crippen LogP contribution in [0.5, 0.6) is 0 Å². The van der Waals surface area contributed by atoms with Crippen molar-refractivity contribution in [2.75, 3.05) is 7.11 Å². The molecule has 9 heteroatoms. The van der Waals surface area contributed by atoms with Crippen LogP contribution in [0.15, 0.2) is 65.7 Å². The number of esters is 1. The molecule has 0 amide bonds. The maximum Gasteiger partial charge on any atom is 0.305 e. The minimum absolute atomic E-state index is 0.0151. The summed E-state index contributed by atoms with van der Waals surface area (Å²) in [5, 5.41) is -1.25. The lowest BCUT2D eigenvalue weighted by Crippen LogP contribution is -2.18. The highest BCUT2D eigenvalue weighted by Gasteiger charge is 2.34. The predicted molar refractivity (Wildman–Crippen MR) is 111 cm³/mol. The zero-order valence-electron chi connectivity index (χ0n) is 16.4. The van der Waals surface area contributed by atoms with Gasteiger partial charge < -0.3 is 4.74 Å². The molecule has 0 bridgehead atoms. The standard InChI is InChI=1S/C22H18ClF2NO4S/c1-30-21(27)11-3-14-2-10-20(26-13-14)22(18-12-16(24)6-9-19(18)25)31(28,29)17-7-4-15(23)5-8-17/h2,4-10,12-13,22H,3,11H2,1H3. The van der Waals surface area contributed by atoms with Crippen LogP contribution in [0.25, 0.3) is 0 Å². The molecule has 31 heavy (non-hydrogen) atoms. The summed E-state index contributed by atoms with van der Waals surface area (Å²) in [4.78, 5) is 15.4. The van der Waals surface area contributed by atoms with Crippen LogP contribution in [0, 0.1) is 11.6 Å². The molecule has 0 spiro atoms. The molecule has 1 atom stereocenters. The van der Waals surface area contributed by atoms with E-state index in [1.165, 1.54) is 43.6 Å². The number of aryl methyl sites for hydroxylation is 1. The molecular formula is C22H18ClF2NO4S. The summed E-state index contributed by atoms with van der Waals surface area (Å²) in [6.07, 6.45) is 1.87. The van der Waals surface area contributed by atoms with E-state index in [0.29, 0.717) is 17.0 Å². The van der Waals surface area contributed by atoms with Crippen LogP contribution >= 0.6 is 11.6 Å². The Kier molecular flexibility index (Phi) is 7.02. The van der Waals surface area contributed by atoms with E-state index in [0.717, 1.165) is 18.2 Å². The van der Waals surface area contributed by atoms with Gasteiger partial charge in [-0.15, -0.1) is 0 Å². The third-order valence-corrected chi connectivity index (χ3v) is 6.95. The molecule has 2 aromatic carbocycles. The first-order valence-electron chi connectivity index (χ1n) is 9.18. The molecule has 3 aromatic rings. The highest BCUT2D eigenvalue weighted by Crippen LogP contribution is 2.36. The van der Waals surface area contributed by atoms with Gasteiger partial charge in [-0.3, -0.25) is 9.78 Å². The Hall–Kier alpha value is -2.84. The third kappa shape index (κ3) is 5.26. The number of nitrogens with zero attached hydrogens (tertiary/aromatic N) is 1. The molecule has 5 nitrogen and oxygen atoms in total. The summed E-state index contributed by atoms with van der Waals surface area (Å²) in [5.41, 5.74) is 0.322. The largest absolute Gasteiger partial charge is 0.469 e. The van der Waals surface area contributed by atoms with Crippen molar-refractivity contribution in [3.63, 3.8) is 0 Å². The van der Waals surface area contributed by atoms with E-state index in [1.54, 1.807) is 6.07 Å². The topological polar surface area (TPSA) is 73.3 Å². The van der Waals surface area contributed by atoms with Crippen molar-refractivity contribution < 1.29 is 26.7 Å². The van der Waals surface area contributed by atoms with Gasteiger partial charge in [0.1, 0.15) is 16.9 Å². The maximum absolute atomic E-state index is 14.6. The Morgan fingerprint density at radius 3 is 2.42 bits per heavy atom. The first-order valence-corrected chi connectivity index (χ1v) is 11.1. The zero-order chi connectivity index (χ0) is 22.6.